The zero-order valence-electron chi connectivity index (χ0n) is 14.4. The molecule has 1 aliphatic heterocycles. The number of carbonyl (C=O) groups excluding carboxylic acids is 1. The van der Waals surface area contributed by atoms with Gasteiger partial charge in [-0.25, -0.2) is 0 Å². The monoisotopic (exact) mass is 391 g/mol. The number of hydrogen-bond acceptors (Lipinski definition) is 5. The van der Waals surface area contributed by atoms with E-state index in [-0.39, 0.29) is 46.2 Å². The predicted octanol–water partition coefficient (Wildman–Crippen LogP) is 3.02. The van der Waals surface area contributed by atoms with Gasteiger partial charge in [0.25, 0.3) is 5.91 Å². The molecule has 1 amide bonds. The Bertz CT molecular complexity index is 654. The van der Waals surface area contributed by atoms with E-state index in [1.165, 1.54) is 18.2 Å². The first-order valence-electron chi connectivity index (χ1n) is 7.77. The van der Waals surface area contributed by atoms with Gasteiger partial charge >= 0.3 is 5.69 Å². The Morgan fingerprint density at radius 1 is 1.52 bits per heavy atom. The number of carbonyl (C=O) groups is 1. The van der Waals surface area contributed by atoms with Crippen LogP contribution in [-0.4, -0.2) is 41.0 Å². The molecule has 25 heavy (non-hydrogen) atoms. The second kappa shape index (κ2) is 8.21. The van der Waals surface area contributed by atoms with Crippen molar-refractivity contribution in [1.82, 2.24) is 4.90 Å². The van der Waals surface area contributed by atoms with E-state index in [9.17, 15) is 14.9 Å². The highest BCUT2D eigenvalue weighted by Crippen LogP contribution is 2.32. The molecule has 1 aliphatic rings. The first-order chi connectivity index (χ1) is 11.1. The van der Waals surface area contributed by atoms with Crippen LogP contribution in [0.3, 0.4) is 0 Å². The summed E-state index contributed by atoms with van der Waals surface area (Å²) in [7, 11) is 0. The van der Waals surface area contributed by atoms with Crippen molar-refractivity contribution in [3.63, 3.8) is 0 Å². The fourth-order valence-corrected chi connectivity index (χ4v) is 2.96. The van der Waals surface area contributed by atoms with E-state index in [0.29, 0.717) is 19.5 Å². The molecule has 1 heterocycles. The third-order valence-electron chi connectivity index (χ3n) is 4.39. The number of ether oxygens (including phenoxy) is 1. The normalized spacial score (nSPS) is 20.4. The summed E-state index contributed by atoms with van der Waals surface area (Å²) in [5, 5.41) is 11.3. The maximum Gasteiger partial charge on any atom is 0.312 e. The molecule has 0 saturated carbocycles. The molecular formula is C16H23Cl2N3O4. The number of likely N-dealkylation sites (tertiary alicyclic amines) is 1. The van der Waals surface area contributed by atoms with Crippen LogP contribution < -0.4 is 10.5 Å². The maximum atomic E-state index is 12.6. The SMILES string of the molecule is CC(Oc1ccc(Cl)cc1[N+](=O)[O-])C(=O)N1CCC(N)C(C)(C)C1.Cl. The molecule has 2 N–H and O–H groups in total. The Balaban J connectivity index is 0.00000312. The summed E-state index contributed by atoms with van der Waals surface area (Å²) >= 11 is 5.78. The zero-order valence-corrected chi connectivity index (χ0v) is 16.0. The van der Waals surface area contributed by atoms with Crippen LogP contribution in [0, 0.1) is 15.5 Å². The van der Waals surface area contributed by atoms with Crippen molar-refractivity contribution in [2.24, 2.45) is 11.1 Å². The molecule has 140 valence electrons. The number of nitrogens with two attached hydrogens (primary N) is 1. The van der Waals surface area contributed by atoms with Gasteiger partial charge in [-0.2, -0.15) is 0 Å². The molecule has 0 aromatic heterocycles. The third-order valence-corrected chi connectivity index (χ3v) is 4.63. The van der Waals surface area contributed by atoms with Crippen molar-refractivity contribution in [2.45, 2.75) is 39.3 Å². The van der Waals surface area contributed by atoms with Gasteiger partial charge in [-0.15, -0.1) is 12.4 Å². The smallest absolute Gasteiger partial charge is 0.312 e. The summed E-state index contributed by atoms with van der Waals surface area (Å²) in [6.07, 6.45) is -0.123. The lowest BCUT2D eigenvalue weighted by atomic mass is 9.79. The number of halogens is 2. The molecular weight excluding hydrogens is 369 g/mol. The van der Waals surface area contributed by atoms with Crippen molar-refractivity contribution >= 4 is 35.6 Å². The molecule has 0 spiro atoms. The average Bonchev–Trinajstić information content (AvgIpc) is 2.50. The molecule has 2 rings (SSSR count). The van der Waals surface area contributed by atoms with Gasteiger partial charge in [0.2, 0.25) is 0 Å². The second-order valence-corrected chi connectivity index (χ2v) is 7.21. The highest BCUT2D eigenvalue weighted by atomic mass is 35.5. The Morgan fingerprint density at radius 2 is 2.16 bits per heavy atom. The van der Waals surface area contributed by atoms with Crippen molar-refractivity contribution < 1.29 is 14.5 Å². The van der Waals surface area contributed by atoms with Crippen LogP contribution in [0.1, 0.15) is 27.2 Å². The number of piperidine rings is 1. The summed E-state index contributed by atoms with van der Waals surface area (Å²) in [4.78, 5) is 24.8. The standard InChI is InChI=1S/C16H22ClN3O4.ClH/c1-10(15(21)19-7-6-14(18)16(2,3)9-19)24-13-5-4-11(17)8-12(13)20(22)23;/h4-5,8,10,14H,6-7,9,18H2,1-3H3;1H. The lowest BCUT2D eigenvalue weighted by Gasteiger charge is -2.43. The number of amides is 1. The minimum absolute atomic E-state index is 0. The summed E-state index contributed by atoms with van der Waals surface area (Å²) in [5.74, 6) is -0.183. The topological polar surface area (TPSA) is 98.7 Å². The molecule has 2 atom stereocenters. The quantitative estimate of drug-likeness (QED) is 0.627. The van der Waals surface area contributed by atoms with Gasteiger partial charge in [-0.1, -0.05) is 25.4 Å². The molecule has 0 bridgehead atoms. The summed E-state index contributed by atoms with van der Waals surface area (Å²) in [5.41, 5.74) is 5.64. The number of nitro benzene ring substituents is 1. The van der Waals surface area contributed by atoms with Gasteiger partial charge in [0.15, 0.2) is 11.9 Å². The highest BCUT2D eigenvalue weighted by Gasteiger charge is 2.37. The molecule has 1 fully saturated rings. The average molecular weight is 392 g/mol. The van der Waals surface area contributed by atoms with Crippen molar-refractivity contribution in [1.29, 1.82) is 0 Å². The maximum absolute atomic E-state index is 12.6. The van der Waals surface area contributed by atoms with E-state index in [2.05, 4.69) is 0 Å². The van der Waals surface area contributed by atoms with E-state index in [1.807, 2.05) is 13.8 Å². The van der Waals surface area contributed by atoms with Crippen LogP contribution in [0.15, 0.2) is 18.2 Å². The Hall–Kier alpha value is -1.57. The predicted molar refractivity (Wildman–Crippen MR) is 98.4 cm³/mol. The largest absolute Gasteiger partial charge is 0.474 e. The molecule has 1 aromatic carbocycles. The van der Waals surface area contributed by atoms with E-state index in [4.69, 9.17) is 22.1 Å². The molecule has 7 nitrogen and oxygen atoms in total. The second-order valence-electron chi connectivity index (χ2n) is 6.77. The number of nitrogens with zero attached hydrogens (tertiary/aromatic N) is 2. The minimum atomic E-state index is -0.838. The van der Waals surface area contributed by atoms with Crippen molar-refractivity contribution in [2.75, 3.05) is 13.1 Å². The first kappa shape index (κ1) is 21.5. The molecule has 0 radical (unpaired) electrons. The molecule has 2 unspecified atom stereocenters. The Morgan fingerprint density at radius 3 is 2.72 bits per heavy atom. The molecule has 1 aromatic rings. The van der Waals surface area contributed by atoms with Gasteiger partial charge in [0.1, 0.15) is 0 Å². The fraction of sp³-hybridized carbons (Fsp3) is 0.562. The van der Waals surface area contributed by atoms with Crippen molar-refractivity contribution in [3.05, 3.63) is 33.3 Å². The van der Waals surface area contributed by atoms with Gasteiger partial charge in [0.05, 0.1) is 4.92 Å². The summed E-state index contributed by atoms with van der Waals surface area (Å²) in [6, 6.07) is 4.14. The number of nitro groups is 1. The van der Waals surface area contributed by atoms with Crippen LogP contribution in [0.25, 0.3) is 0 Å². The van der Waals surface area contributed by atoms with Gasteiger partial charge in [-0.3, -0.25) is 14.9 Å². The minimum Gasteiger partial charge on any atom is -0.474 e. The van der Waals surface area contributed by atoms with Crippen LogP contribution in [0.2, 0.25) is 5.02 Å². The third kappa shape index (κ3) is 4.96. The van der Waals surface area contributed by atoms with Crippen LogP contribution in [-0.2, 0) is 4.79 Å². The summed E-state index contributed by atoms with van der Waals surface area (Å²) < 4.78 is 5.55. The number of rotatable bonds is 4. The molecule has 1 saturated heterocycles. The van der Waals surface area contributed by atoms with Gasteiger partial charge in [-0.05, 0) is 30.9 Å². The van der Waals surface area contributed by atoms with E-state index >= 15 is 0 Å². The number of hydrogen-bond donors (Lipinski definition) is 1. The highest BCUT2D eigenvalue weighted by molar-refractivity contribution is 6.30. The Labute approximate surface area is 158 Å². The van der Waals surface area contributed by atoms with Crippen LogP contribution in [0.5, 0.6) is 5.75 Å². The summed E-state index contributed by atoms with van der Waals surface area (Å²) in [6.45, 7) is 6.71. The first-order valence-corrected chi connectivity index (χ1v) is 8.14. The van der Waals surface area contributed by atoms with Crippen LogP contribution >= 0.6 is 24.0 Å². The van der Waals surface area contributed by atoms with Crippen LogP contribution in [0.4, 0.5) is 5.69 Å². The lowest BCUT2D eigenvalue weighted by molar-refractivity contribution is -0.386. The Kier molecular flexibility index (Phi) is 7.05. The van der Waals surface area contributed by atoms with E-state index < -0.39 is 11.0 Å². The molecule has 0 aliphatic carbocycles. The molecule has 9 heteroatoms. The van der Waals surface area contributed by atoms with Gasteiger partial charge < -0.3 is 15.4 Å². The van der Waals surface area contributed by atoms with E-state index in [1.54, 1.807) is 11.8 Å². The van der Waals surface area contributed by atoms with E-state index in [0.717, 1.165) is 0 Å². The zero-order chi connectivity index (χ0) is 18.1. The van der Waals surface area contributed by atoms with Crippen molar-refractivity contribution in [3.8, 4) is 5.75 Å². The lowest BCUT2D eigenvalue weighted by Crippen LogP contribution is -2.56. The number of benzene rings is 1. The fourth-order valence-electron chi connectivity index (χ4n) is 2.79. The van der Waals surface area contributed by atoms with Gasteiger partial charge in [0, 0.05) is 30.2 Å².